The lowest BCUT2D eigenvalue weighted by molar-refractivity contribution is 0.566. The Bertz CT molecular complexity index is 891. The van der Waals surface area contributed by atoms with Crippen LogP contribution in [-0.2, 0) is 7.05 Å². The first-order valence-corrected chi connectivity index (χ1v) is 8.65. The number of aromatic nitrogens is 7. The highest BCUT2D eigenvalue weighted by molar-refractivity contribution is 5.65. The Labute approximate surface area is 146 Å². The molecule has 0 aliphatic carbocycles. The summed E-state index contributed by atoms with van der Waals surface area (Å²) < 4.78 is 3.62. The van der Waals surface area contributed by atoms with E-state index in [-0.39, 0.29) is 0 Å². The lowest BCUT2D eigenvalue weighted by atomic mass is 10.1. The van der Waals surface area contributed by atoms with Crippen LogP contribution in [0.25, 0.3) is 17.8 Å². The number of hydrogen-bond acceptors (Lipinski definition) is 6. The highest BCUT2D eigenvalue weighted by Crippen LogP contribution is 2.17. The van der Waals surface area contributed by atoms with Gasteiger partial charge in [0.05, 0.1) is 11.4 Å². The van der Waals surface area contributed by atoms with E-state index in [1.54, 1.807) is 10.9 Å². The van der Waals surface area contributed by atoms with Crippen molar-refractivity contribution in [2.24, 2.45) is 7.05 Å². The number of rotatable bonds is 3. The van der Waals surface area contributed by atoms with Crippen LogP contribution in [0.5, 0.6) is 0 Å². The van der Waals surface area contributed by atoms with E-state index < -0.39 is 0 Å². The van der Waals surface area contributed by atoms with Crippen LogP contribution in [0.3, 0.4) is 0 Å². The minimum absolute atomic E-state index is 0.640. The predicted octanol–water partition coefficient (Wildman–Crippen LogP) is 2.03. The molecule has 0 unspecified atom stereocenters. The van der Waals surface area contributed by atoms with Gasteiger partial charge in [0.2, 0.25) is 5.95 Å². The molecule has 0 amide bonds. The molecule has 8 heteroatoms. The molecule has 0 atom stereocenters. The molecule has 25 heavy (non-hydrogen) atoms. The van der Waals surface area contributed by atoms with Gasteiger partial charge >= 0.3 is 0 Å². The van der Waals surface area contributed by atoms with E-state index in [1.165, 1.54) is 19.3 Å². The summed E-state index contributed by atoms with van der Waals surface area (Å²) in [5, 5.41) is 9.07. The first kappa shape index (κ1) is 15.7. The molecule has 8 nitrogen and oxygen atoms in total. The van der Waals surface area contributed by atoms with Gasteiger partial charge in [-0.25, -0.2) is 14.2 Å². The first-order chi connectivity index (χ1) is 12.1. The molecule has 4 rings (SSSR count). The zero-order valence-corrected chi connectivity index (χ0v) is 14.8. The summed E-state index contributed by atoms with van der Waals surface area (Å²) >= 11 is 0. The Morgan fingerprint density at radius 3 is 2.56 bits per heavy atom. The summed E-state index contributed by atoms with van der Waals surface area (Å²) in [5.74, 6) is 2.24. The van der Waals surface area contributed by atoms with E-state index in [0.717, 1.165) is 41.9 Å². The lowest BCUT2D eigenvalue weighted by Crippen LogP contribution is -2.30. The van der Waals surface area contributed by atoms with Crippen LogP contribution in [0, 0.1) is 13.8 Å². The maximum atomic E-state index is 4.65. The van der Waals surface area contributed by atoms with E-state index >= 15 is 0 Å². The van der Waals surface area contributed by atoms with Gasteiger partial charge in [-0.3, -0.25) is 4.98 Å². The van der Waals surface area contributed by atoms with Crippen LogP contribution in [0.1, 0.15) is 42.3 Å². The van der Waals surface area contributed by atoms with E-state index in [0.29, 0.717) is 5.82 Å². The Kier molecular flexibility index (Phi) is 3.95. The van der Waals surface area contributed by atoms with E-state index in [1.807, 2.05) is 37.6 Å². The molecule has 0 aromatic carbocycles. The fourth-order valence-electron chi connectivity index (χ4n) is 3.09. The molecule has 1 fully saturated rings. The molecule has 0 spiro atoms. The lowest BCUT2D eigenvalue weighted by Gasteiger charge is -2.24. The number of fused-ring (bicyclic) bond motifs is 1. The van der Waals surface area contributed by atoms with Crippen molar-refractivity contribution in [2.45, 2.75) is 33.1 Å². The average molecular weight is 338 g/mol. The molecule has 4 heterocycles. The number of aryl methyl sites for hydroxylation is 3. The van der Waals surface area contributed by atoms with Gasteiger partial charge in [0.25, 0.3) is 0 Å². The monoisotopic (exact) mass is 338 g/mol. The molecular weight excluding hydrogens is 316 g/mol. The Morgan fingerprint density at radius 1 is 1.00 bits per heavy atom. The molecule has 1 aliphatic rings. The van der Waals surface area contributed by atoms with Crippen molar-refractivity contribution >= 4 is 23.7 Å². The number of hydrogen-bond donors (Lipinski definition) is 0. The third kappa shape index (κ3) is 2.99. The number of anilines is 1. The third-order valence-electron chi connectivity index (χ3n) is 4.53. The number of nitrogens with zero attached hydrogens (tertiary/aromatic N) is 8. The number of piperidine rings is 1. The minimum Gasteiger partial charge on any atom is -0.340 e. The second-order valence-electron chi connectivity index (χ2n) is 6.47. The Morgan fingerprint density at radius 2 is 1.80 bits per heavy atom. The summed E-state index contributed by atoms with van der Waals surface area (Å²) in [5.41, 5.74) is 2.61. The molecule has 3 aromatic rings. The van der Waals surface area contributed by atoms with E-state index in [4.69, 9.17) is 0 Å². The second-order valence-corrected chi connectivity index (χ2v) is 6.47. The molecular formula is C17H22N8. The van der Waals surface area contributed by atoms with E-state index in [2.05, 4.69) is 30.0 Å². The van der Waals surface area contributed by atoms with Gasteiger partial charge in [-0.05, 0) is 45.3 Å². The van der Waals surface area contributed by atoms with Crippen LogP contribution in [0.4, 0.5) is 5.95 Å². The maximum Gasteiger partial charge on any atom is 0.245 e. The van der Waals surface area contributed by atoms with Crippen molar-refractivity contribution in [3.63, 3.8) is 0 Å². The molecule has 0 N–H and O–H groups in total. The highest BCUT2D eigenvalue weighted by atomic mass is 15.4. The third-order valence-corrected chi connectivity index (χ3v) is 4.53. The van der Waals surface area contributed by atoms with Gasteiger partial charge < -0.3 is 4.90 Å². The topological polar surface area (TPSA) is 77.0 Å². The van der Waals surface area contributed by atoms with Crippen LogP contribution in [-0.4, -0.2) is 47.4 Å². The quantitative estimate of drug-likeness (QED) is 0.727. The van der Waals surface area contributed by atoms with E-state index in [9.17, 15) is 0 Å². The minimum atomic E-state index is 0.640. The van der Waals surface area contributed by atoms with Crippen LogP contribution in [0.2, 0.25) is 0 Å². The smallest absolute Gasteiger partial charge is 0.245 e. The van der Waals surface area contributed by atoms with Gasteiger partial charge in [0.15, 0.2) is 17.3 Å². The Balaban J connectivity index is 1.60. The molecule has 0 saturated carbocycles. The largest absolute Gasteiger partial charge is 0.340 e. The molecule has 1 saturated heterocycles. The molecule has 1 aliphatic heterocycles. The summed E-state index contributed by atoms with van der Waals surface area (Å²) in [6.45, 7) is 5.97. The van der Waals surface area contributed by atoms with Gasteiger partial charge in [0.1, 0.15) is 0 Å². The van der Waals surface area contributed by atoms with Crippen LogP contribution in [0.15, 0.2) is 6.20 Å². The van der Waals surface area contributed by atoms with Crippen LogP contribution < -0.4 is 4.90 Å². The summed E-state index contributed by atoms with van der Waals surface area (Å²) in [6, 6.07) is 0. The Hall–Kier alpha value is -2.77. The summed E-state index contributed by atoms with van der Waals surface area (Å²) in [6.07, 6.45) is 9.30. The van der Waals surface area contributed by atoms with Gasteiger partial charge in [-0.2, -0.15) is 4.98 Å². The standard InChI is InChI=1S/C17H22N8/c1-12-11-18-13(2)16-19-14(21-25(12)16)7-8-15-20-17(22-23(15)3)24-9-5-4-6-10-24/h7-8,11H,4-6,9-10H2,1-3H3/b8-7+. The normalized spacial score (nSPS) is 15.6. The second kappa shape index (κ2) is 6.27. The van der Waals surface area contributed by atoms with Crippen molar-refractivity contribution in [3.05, 3.63) is 29.2 Å². The molecule has 130 valence electrons. The van der Waals surface area contributed by atoms with Gasteiger partial charge in [-0.15, -0.1) is 10.2 Å². The van der Waals surface area contributed by atoms with Gasteiger partial charge in [0, 0.05) is 26.3 Å². The molecule has 3 aromatic heterocycles. The van der Waals surface area contributed by atoms with Crippen LogP contribution >= 0.6 is 0 Å². The fourth-order valence-corrected chi connectivity index (χ4v) is 3.09. The van der Waals surface area contributed by atoms with Crippen molar-refractivity contribution in [3.8, 4) is 0 Å². The van der Waals surface area contributed by atoms with Gasteiger partial charge in [-0.1, -0.05) is 0 Å². The maximum absolute atomic E-state index is 4.65. The molecule has 0 radical (unpaired) electrons. The predicted molar refractivity (Wildman–Crippen MR) is 96.3 cm³/mol. The SMILES string of the molecule is Cc1ncc(C)n2nc(/C=C/c3nc(N4CCCCC4)nn3C)nc12. The van der Waals surface area contributed by atoms with Crippen molar-refractivity contribution in [1.29, 1.82) is 0 Å². The molecule has 0 bridgehead atoms. The average Bonchev–Trinajstić information content (AvgIpc) is 3.22. The van der Waals surface area contributed by atoms with Crippen molar-refractivity contribution < 1.29 is 0 Å². The summed E-state index contributed by atoms with van der Waals surface area (Å²) in [4.78, 5) is 15.8. The van der Waals surface area contributed by atoms with Crippen molar-refractivity contribution in [1.82, 2.24) is 34.3 Å². The summed E-state index contributed by atoms with van der Waals surface area (Å²) in [7, 11) is 1.91. The zero-order chi connectivity index (χ0) is 17.4. The highest BCUT2D eigenvalue weighted by Gasteiger charge is 2.16. The zero-order valence-electron chi connectivity index (χ0n) is 14.8. The first-order valence-electron chi connectivity index (χ1n) is 8.65. The fraction of sp³-hybridized carbons (Fsp3) is 0.471. The van der Waals surface area contributed by atoms with Crippen molar-refractivity contribution in [2.75, 3.05) is 18.0 Å².